The minimum Gasteiger partial charge on any atom is -0.466 e. The van der Waals surface area contributed by atoms with E-state index in [1.807, 2.05) is 6.07 Å². The first-order chi connectivity index (χ1) is 7.31. The van der Waals surface area contributed by atoms with Gasteiger partial charge in [-0.25, -0.2) is 0 Å². The van der Waals surface area contributed by atoms with Crippen molar-refractivity contribution in [2.75, 3.05) is 6.54 Å². The molecule has 3 heteroatoms. The van der Waals surface area contributed by atoms with Gasteiger partial charge in [0.1, 0.15) is 5.76 Å². The number of furan rings is 1. The molecule has 1 atom stereocenters. The second-order valence-corrected chi connectivity index (χ2v) is 5.13. The van der Waals surface area contributed by atoms with Crippen LogP contribution in [0, 0.1) is 5.92 Å². The molecule has 1 aliphatic rings. The molecule has 1 aromatic rings. The molecule has 0 amide bonds. The zero-order valence-electron chi connectivity index (χ0n) is 9.13. The lowest BCUT2D eigenvalue weighted by molar-refractivity contribution is 0.247. The summed E-state index contributed by atoms with van der Waals surface area (Å²) in [4.78, 5) is 0. The standard InChI is InChI=1S/C12H18BrNO/c1-2-14-11(8-9-4-3-5-9)12-10(13)6-7-15-12/h6-7,9,11,14H,2-5,8H2,1H3. The summed E-state index contributed by atoms with van der Waals surface area (Å²) in [6.45, 7) is 3.13. The first kappa shape index (κ1) is 11.2. The van der Waals surface area contributed by atoms with Crippen LogP contribution in [-0.4, -0.2) is 6.54 Å². The van der Waals surface area contributed by atoms with Crippen molar-refractivity contribution in [3.05, 3.63) is 22.6 Å². The van der Waals surface area contributed by atoms with Crippen LogP contribution in [0.1, 0.15) is 44.4 Å². The third kappa shape index (κ3) is 2.64. The van der Waals surface area contributed by atoms with Crippen molar-refractivity contribution in [1.29, 1.82) is 0 Å². The molecule has 0 bridgehead atoms. The molecule has 2 rings (SSSR count). The molecular weight excluding hydrogens is 254 g/mol. The monoisotopic (exact) mass is 271 g/mol. The predicted octanol–water partition coefficient (Wildman–Crippen LogP) is 3.88. The van der Waals surface area contributed by atoms with E-state index < -0.39 is 0 Å². The van der Waals surface area contributed by atoms with E-state index in [-0.39, 0.29) is 0 Å². The third-order valence-electron chi connectivity index (χ3n) is 3.21. The molecule has 1 aliphatic carbocycles. The van der Waals surface area contributed by atoms with Gasteiger partial charge in [0, 0.05) is 0 Å². The molecule has 15 heavy (non-hydrogen) atoms. The Kier molecular flexibility index (Phi) is 3.87. The highest BCUT2D eigenvalue weighted by Gasteiger charge is 2.25. The molecule has 2 nitrogen and oxygen atoms in total. The normalized spacial score (nSPS) is 18.8. The Morgan fingerprint density at radius 2 is 2.40 bits per heavy atom. The molecule has 1 saturated carbocycles. The number of hydrogen-bond acceptors (Lipinski definition) is 2. The van der Waals surface area contributed by atoms with Gasteiger partial charge >= 0.3 is 0 Å². The topological polar surface area (TPSA) is 25.2 Å². The minimum atomic E-state index is 0.379. The van der Waals surface area contributed by atoms with Crippen molar-refractivity contribution in [2.45, 2.75) is 38.6 Å². The van der Waals surface area contributed by atoms with Crippen LogP contribution in [0.2, 0.25) is 0 Å². The molecule has 1 N–H and O–H groups in total. The van der Waals surface area contributed by atoms with E-state index >= 15 is 0 Å². The molecule has 1 fully saturated rings. The van der Waals surface area contributed by atoms with Crippen LogP contribution < -0.4 is 5.32 Å². The van der Waals surface area contributed by atoms with Crippen LogP contribution in [0.3, 0.4) is 0 Å². The van der Waals surface area contributed by atoms with Crippen molar-refractivity contribution in [3.63, 3.8) is 0 Å². The smallest absolute Gasteiger partial charge is 0.134 e. The summed E-state index contributed by atoms with van der Waals surface area (Å²) in [5.74, 6) is 1.95. The summed E-state index contributed by atoms with van der Waals surface area (Å²) in [7, 11) is 0. The van der Waals surface area contributed by atoms with Gasteiger partial charge in [-0.1, -0.05) is 26.2 Å². The largest absolute Gasteiger partial charge is 0.466 e. The molecule has 0 aromatic carbocycles. The lowest BCUT2D eigenvalue weighted by Crippen LogP contribution is -2.25. The number of hydrogen-bond donors (Lipinski definition) is 1. The fraction of sp³-hybridized carbons (Fsp3) is 0.667. The summed E-state index contributed by atoms with van der Waals surface area (Å²) in [6, 6.07) is 2.35. The second kappa shape index (κ2) is 5.17. The van der Waals surface area contributed by atoms with E-state index in [0.29, 0.717) is 6.04 Å². The molecule has 1 heterocycles. The maximum Gasteiger partial charge on any atom is 0.134 e. The van der Waals surface area contributed by atoms with Crippen molar-refractivity contribution < 1.29 is 4.42 Å². The Labute approximate surface area is 99.6 Å². The van der Waals surface area contributed by atoms with Crippen LogP contribution >= 0.6 is 15.9 Å². The van der Waals surface area contributed by atoms with Gasteiger partial charge in [-0.2, -0.15) is 0 Å². The Hall–Kier alpha value is -0.280. The van der Waals surface area contributed by atoms with Crippen molar-refractivity contribution >= 4 is 15.9 Å². The van der Waals surface area contributed by atoms with Gasteiger partial charge < -0.3 is 9.73 Å². The first-order valence-corrected chi connectivity index (χ1v) is 6.56. The SMILES string of the molecule is CCNC(CC1CCC1)c1occc1Br. The summed E-state index contributed by atoms with van der Waals surface area (Å²) in [6.07, 6.45) is 7.15. The van der Waals surface area contributed by atoms with E-state index in [2.05, 4.69) is 28.2 Å². The van der Waals surface area contributed by atoms with Gasteiger partial charge in [0.2, 0.25) is 0 Å². The van der Waals surface area contributed by atoms with Crippen LogP contribution in [0.15, 0.2) is 21.2 Å². The van der Waals surface area contributed by atoms with E-state index in [0.717, 1.165) is 22.7 Å². The molecule has 0 saturated heterocycles. The lowest BCUT2D eigenvalue weighted by Gasteiger charge is -2.29. The highest BCUT2D eigenvalue weighted by Crippen LogP contribution is 2.36. The Bertz CT molecular complexity index is 306. The summed E-state index contributed by atoms with van der Waals surface area (Å²) in [5, 5.41) is 3.50. The van der Waals surface area contributed by atoms with E-state index in [1.165, 1.54) is 25.7 Å². The number of halogens is 1. The fourth-order valence-electron chi connectivity index (χ4n) is 2.15. The second-order valence-electron chi connectivity index (χ2n) is 4.28. The van der Waals surface area contributed by atoms with E-state index in [1.54, 1.807) is 6.26 Å². The molecule has 1 unspecified atom stereocenters. The zero-order chi connectivity index (χ0) is 10.7. The highest BCUT2D eigenvalue weighted by atomic mass is 79.9. The highest BCUT2D eigenvalue weighted by molar-refractivity contribution is 9.10. The van der Waals surface area contributed by atoms with Crippen LogP contribution in [0.4, 0.5) is 0 Å². The van der Waals surface area contributed by atoms with Crippen molar-refractivity contribution in [1.82, 2.24) is 5.32 Å². The van der Waals surface area contributed by atoms with Gasteiger partial charge in [-0.3, -0.25) is 0 Å². The summed E-state index contributed by atoms with van der Waals surface area (Å²) in [5.41, 5.74) is 0. The fourth-order valence-corrected chi connectivity index (χ4v) is 2.62. The summed E-state index contributed by atoms with van der Waals surface area (Å²) >= 11 is 3.53. The van der Waals surface area contributed by atoms with Crippen LogP contribution in [0.25, 0.3) is 0 Å². The summed E-state index contributed by atoms with van der Waals surface area (Å²) < 4.78 is 6.63. The van der Waals surface area contributed by atoms with Crippen LogP contribution in [-0.2, 0) is 0 Å². The maximum atomic E-state index is 5.54. The van der Waals surface area contributed by atoms with Crippen LogP contribution in [0.5, 0.6) is 0 Å². The van der Waals surface area contributed by atoms with Gasteiger partial charge in [-0.15, -0.1) is 0 Å². The average Bonchev–Trinajstić information content (AvgIpc) is 2.56. The molecular formula is C12H18BrNO. The van der Waals surface area contributed by atoms with Gasteiger partial charge in [-0.05, 0) is 40.9 Å². The Morgan fingerprint density at radius 3 is 2.87 bits per heavy atom. The first-order valence-electron chi connectivity index (χ1n) is 5.77. The number of nitrogens with one attached hydrogen (secondary N) is 1. The average molecular weight is 272 g/mol. The van der Waals surface area contributed by atoms with Gasteiger partial charge in [0.25, 0.3) is 0 Å². The Morgan fingerprint density at radius 1 is 1.60 bits per heavy atom. The predicted molar refractivity (Wildman–Crippen MR) is 64.8 cm³/mol. The zero-order valence-corrected chi connectivity index (χ0v) is 10.7. The van der Waals surface area contributed by atoms with Gasteiger partial charge in [0.15, 0.2) is 0 Å². The van der Waals surface area contributed by atoms with E-state index in [9.17, 15) is 0 Å². The molecule has 84 valence electrons. The minimum absolute atomic E-state index is 0.379. The van der Waals surface area contributed by atoms with E-state index in [4.69, 9.17) is 4.42 Å². The molecule has 0 radical (unpaired) electrons. The number of rotatable bonds is 5. The maximum absolute atomic E-state index is 5.54. The molecule has 0 spiro atoms. The lowest BCUT2D eigenvalue weighted by atomic mass is 9.80. The van der Waals surface area contributed by atoms with Crippen molar-refractivity contribution in [3.8, 4) is 0 Å². The molecule has 0 aliphatic heterocycles. The third-order valence-corrected chi connectivity index (χ3v) is 3.86. The Balaban J connectivity index is 2.01. The quantitative estimate of drug-likeness (QED) is 0.879. The van der Waals surface area contributed by atoms with Gasteiger partial charge in [0.05, 0.1) is 16.8 Å². The van der Waals surface area contributed by atoms with Crippen molar-refractivity contribution in [2.24, 2.45) is 5.92 Å². The molecule has 1 aromatic heterocycles.